The Kier molecular flexibility index (Phi) is 5.81. The lowest BCUT2D eigenvalue weighted by Crippen LogP contribution is -2.44. The van der Waals surface area contributed by atoms with Gasteiger partial charge >= 0.3 is 6.03 Å². The maximum absolute atomic E-state index is 11.9. The molecular weight excluding hydrogens is 298 g/mol. The summed E-state index contributed by atoms with van der Waals surface area (Å²) in [5.74, 6) is 0.952. The van der Waals surface area contributed by atoms with E-state index >= 15 is 0 Å². The van der Waals surface area contributed by atoms with Crippen molar-refractivity contribution in [2.75, 3.05) is 27.8 Å². The van der Waals surface area contributed by atoms with Crippen LogP contribution in [-0.2, 0) is 11.3 Å². The SMILES string of the molecule is COc1cccc(CN(C)CC(=O)NC(=O)NC2CC2)c1OC. The first kappa shape index (κ1) is 17.1. The summed E-state index contributed by atoms with van der Waals surface area (Å²) in [7, 11) is 4.96. The molecular formula is C16H23N3O4. The molecule has 2 N–H and O–H groups in total. The van der Waals surface area contributed by atoms with Crippen molar-refractivity contribution in [1.29, 1.82) is 0 Å². The number of carbonyl (C=O) groups excluding carboxylic acids is 2. The molecule has 0 aromatic heterocycles. The van der Waals surface area contributed by atoms with E-state index in [-0.39, 0.29) is 18.5 Å². The number of urea groups is 1. The maximum Gasteiger partial charge on any atom is 0.321 e. The Morgan fingerprint density at radius 2 is 2.00 bits per heavy atom. The molecule has 1 saturated carbocycles. The predicted molar refractivity (Wildman–Crippen MR) is 85.6 cm³/mol. The third kappa shape index (κ3) is 5.14. The van der Waals surface area contributed by atoms with Gasteiger partial charge in [0, 0.05) is 18.2 Å². The summed E-state index contributed by atoms with van der Waals surface area (Å²) < 4.78 is 10.6. The van der Waals surface area contributed by atoms with E-state index in [0.717, 1.165) is 18.4 Å². The van der Waals surface area contributed by atoms with Gasteiger partial charge in [-0.1, -0.05) is 12.1 Å². The Bertz CT molecular complexity index is 572. The van der Waals surface area contributed by atoms with Crippen LogP contribution in [0.2, 0.25) is 0 Å². The van der Waals surface area contributed by atoms with E-state index in [4.69, 9.17) is 9.47 Å². The van der Waals surface area contributed by atoms with Crippen LogP contribution in [0.25, 0.3) is 0 Å². The van der Waals surface area contributed by atoms with Gasteiger partial charge in [-0.15, -0.1) is 0 Å². The molecule has 0 heterocycles. The molecule has 3 amide bonds. The first-order valence-corrected chi connectivity index (χ1v) is 7.52. The second-order valence-corrected chi connectivity index (χ2v) is 5.62. The van der Waals surface area contributed by atoms with E-state index in [1.54, 1.807) is 26.2 Å². The van der Waals surface area contributed by atoms with Gasteiger partial charge in [-0.25, -0.2) is 4.79 Å². The number of likely N-dealkylation sites (N-methyl/N-ethyl adjacent to an activating group) is 1. The monoisotopic (exact) mass is 321 g/mol. The van der Waals surface area contributed by atoms with Crippen LogP contribution < -0.4 is 20.1 Å². The Balaban J connectivity index is 1.87. The lowest BCUT2D eigenvalue weighted by Gasteiger charge is -2.19. The summed E-state index contributed by atoms with van der Waals surface area (Å²) in [4.78, 5) is 25.2. The molecule has 1 aliphatic carbocycles. The van der Waals surface area contributed by atoms with Gasteiger partial charge in [0.1, 0.15) is 0 Å². The van der Waals surface area contributed by atoms with Crippen LogP contribution in [0.5, 0.6) is 11.5 Å². The van der Waals surface area contributed by atoms with Crippen molar-refractivity contribution in [3.8, 4) is 11.5 Å². The van der Waals surface area contributed by atoms with Crippen molar-refractivity contribution < 1.29 is 19.1 Å². The molecule has 0 spiro atoms. The predicted octanol–water partition coefficient (Wildman–Crippen LogP) is 1.12. The average molecular weight is 321 g/mol. The maximum atomic E-state index is 11.9. The topological polar surface area (TPSA) is 79.9 Å². The quantitative estimate of drug-likeness (QED) is 0.787. The van der Waals surface area contributed by atoms with Gasteiger partial charge in [0.25, 0.3) is 0 Å². The summed E-state index contributed by atoms with van der Waals surface area (Å²) in [5, 5.41) is 5.05. The van der Waals surface area contributed by atoms with Gasteiger partial charge in [-0.3, -0.25) is 15.0 Å². The molecule has 2 rings (SSSR count). The van der Waals surface area contributed by atoms with Gasteiger partial charge in [-0.05, 0) is 26.0 Å². The molecule has 0 atom stereocenters. The highest BCUT2D eigenvalue weighted by atomic mass is 16.5. The minimum Gasteiger partial charge on any atom is -0.493 e. The number of para-hydroxylation sites is 1. The third-order valence-electron chi connectivity index (χ3n) is 3.50. The molecule has 126 valence electrons. The van der Waals surface area contributed by atoms with E-state index in [2.05, 4.69) is 10.6 Å². The minimum absolute atomic E-state index is 0.110. The number of ether oxygens (including phenoxy) is 2. The third-order valence-corrected chi connectivity index (χ3v) is 3.50. The number of carbonyl (C=O) groups is 2. The second kappa shape index (κ2) is 7.82. The van der Waals surface area contributed by atoms with Crippen molar-refractivity contribution in [2.24, 2.45) is 0 Å². The molecule has 0 radical (unpaired) electrons. The number of hydrogen-bond acceptors (Lipinski definition) is 5. The van der Waals surface area contributed by atoms with E-state index < -0.39 is 6.03 Å². The van der Waals surface area contributed by atoms with Crippen LogP contribution in [0.3, 0.4) is 0 Å². The standard InChI is InChI=1S/C16H23N3O4/c1-19(10-14(20)18-16(21)17-12-7-8-12)9-11-5-4-6-13(22-2)15(11)23-3/h4-6,12H,7-10H2,1-3H3,(H2,17,18,20,21). The molecule has 0 saturated heterocycles. The van der Waals surface area contributed by atoms with Gasteiger partial charge in [0.15, 0.2) is 11.5 Å². The van der Waals surface area contributed by atoms with E-state index in [1.165, 1.54) is 0 Å². The van der Waals surface area contributed by atoms with Gasteiger partial charge in [0.2, 0.25) is 5.91 Å². The Morgan fingerprint density at radius 3 is 2.61 bits per heavy atom. The van der Waals surface area contributed by atoms with Gasteiger partial charge in [0.05, 0.1) is 20.8 Å². The molecule has 7 heteroatoms. The summed E-state index contributed by atoms with van der Waals surface area (Å²) in [6, 6.07) is 5.40. The van der Waals surface area contributed by atoms with Crippen molar-refractivity contribution >= 4 is 11.9 Å². The fraction of sp³-hybridized carbons (Fsp3) is 0.500. The summed E-state index contributed by atoms with van der Waals surface area (Å²) in [6.07, 6.45) is 1.97. The molecule has 7 nitrogen and oxygen atoms in total. The zero-order valence-corrected chi connectivity index (χ0v) is 13.7. The molecule has 1 aliphatic rings. The van der Waals surface area contributed by atoms with Crippen LogP contribution in [0.15, 0.2) is 18.2 Å². The zero-order chi connectivity index (χ0) is 16.8. The van der Waals surface area contributed by atoms with E-state index in [1.807, 2.05) is 18.2 Å². The highest BCUT2D eigenvalue weighted by Gasteiger charge is 2.24. The second-order valence-electron chi connectivity index (χ2n) is 5.62. The number of nitrogens with one attached hydrogen (secondary N) is 2. The fourth-order valence-electron chi connectivity index (χ4n) is 2.29. The van der Waals surface area contributed by atoms with Gasteiger partial charge < -0.3 is 14.8 Å². The van der Waals surface area contributed by atoms with Crippen molar-refractivity contribution in [2.45, 2.75) is 25.4 Å². The largest absolute Gasteiger partial charge is 0.493 e. The zero-order valence-electron chi connectivity index (χ0n) is 13.7. The molecule has 1 fully saturated rings. The fourth-order valence-corrected chi connectivity index (χ4v) is 2.29. The van der Waals surface area contributed by atoms with Crippen LogP contribution in [0.4, 0.5) is 4.79 Å². The number of hydrogen-bond donors (Lipinski definition) is 2. The number of amides is 3. The van der Waals surface area contributed by atoms with E-state index in [9.17, 15) is 9.59 Å². The van der Waals surface area contributed by atoms with Crippen molar-refractivity contribution in [3.05, 3.63) is 23.8 Å². The average Bonchev–Trinajstić information content (AvgIpc) is 3.30. The molecule has 23 heavy (non-hydrogen) atoms. The van der Waals surface area contributed by atoms with Gasteiger partial charge in [-0.2, -0.15) is 0 Å². The number of methoxy groups -OCH3 is 2. The van der Waals surface area contributed by atoms with Crippen LogP contribution in [0, 0.1) is 0 Å². The van der Waals surface area contributed by atoms with Crippen LogP contribution >= 0.6 is 0 Å². The van der Waals surface area contributed by atoms with Crippen molar-refractivity contribution in [1.82, 2.24) is 15.5 Å². The molecule has 0 aliphatic heterocycles. The normalized spacial score (nSPS) is 13.6. The van der Waals surface area contributed by atoms with Crippen LogP contribution in [-0.4, -0.2) is 50.7 Å². The highest BCUT2D eigenvalue weighted by Crippen LogP contribution is 2.31. The summed E-state index contributed by atoms with van der Waals surface area (Å²) in [6.45, 7) is 0.608. The van der Waals surface area contributed by atoms with Crippen LogP contribution in [0.1, 0.15) is 18.4 Å². The van der Waals surface area contributed by atoms with Crippen molar-refractivity contribution in [3.63, 3.8) is 0 Å². The number of benzene rings is 1. The Labute approximate surface area is 135 Å². The lowest BCUT2D eigenvalue weighted by atomic mass is 10.1. The minimum atomic E-state index is -0.426. The smallest absolute Gasteiger partial charge is 0.321 e. The van der Waals surface area contributed by atoms with E-state index in [0.29, 0.717) is 18.0 Å². The number of rotatable bonds is 7. The molecule has 0 bridgehead atoms. The number of imide groups is 1. The Morgan fingerprint density at radius 1 is 1.26 bits per heavy atom. The summed E-state index contributed by atoms with van der Waals surface area (Å²) >= 11 is 0. The molecule has 1 aromatic carbocycles. The first-order valence-electron chi connectivity index (χ1n) is 7.52. The summed E-state index contributed by atoms with van der Waals surface area (Å²) in [5.41, 5.74) is 0.907. The Hall–Kier alpha value is -2.28. The lowest BCUT2D eigenvalue weighted by molar-refractivity contribution is -0.120. The molecule has 0 unspecified atom stereocenters. The first-order chi connectivity index (χ1) is 11.0. The number of nitrogens with zero attached hydrogens (tertiary/aromatic N) is 1. The molecule has 1 aromatic rings. The highest BCUT2D eigenvalue weighted by molar-refractivity contribution is 5.95.